The molecule has 0 bridgehead atoms. The highest BCUT2D eigenvalue weighted by Gasteiger charge is 2.28. The van der Waals surface area contributed by atoms with Gasteiger partial charge in [0, 0.05) is 50.7 Å². The molecule has 1 fully saturated rings. The molecule has 0 amide bonds. The van der Waals surface area contributed by atoms with Gasteiger partial charge in [-0.15, -0.1) is 0 Å². The van der Waals surface area contributed by atoms with Crippen LogP contribution in [0.15, 0.2) is 35.4 Å². The fourth-order valence-electron chi connectivity index (χ4n) is 3.40. The van der Waals surface area contributed by atoms with Gasteiger partial charge in [-0.1, -0.05) is 0 Å². The largest absolute Gasteiger partial charge is 0.486 e. The average Bonchev–Trinajstić information content (AvgIpc) is 3.33. The zero-order valence-electron chi connectivity index (χ0n) is 18.2. The molecule has 0 aromatic carbocycles. The van der Waals surface area contributed by atoms with Crippen LogP contribution in [0, 0.1) is 11.3 Å². The summed E-state index contributed by atoms with van der Waals surface area (Å²) in [7, 11) is 1.61. The van der Waals surface area contributed by atoms with Crippen molar-refractivity contribution in [2.24, 2.45) is 0 Å². The Morgan fingerprint density at radius 3 is 2.78 bits per heavy atom. The minimum atomic E-state index is -0.242. The van der Waals surface area contributed by atoms with Crippen molar-refractivity contribution in [1.82, 2.24) is 25.1 Å². The van der Waals surface area contributed by atoms with E-state index in [-0.39, 0.29) is 18.8 Å². The second-order valence-electron chi connectivity index (χ2n) is 7.45. The molecule has 0 unspecified atom stereocenters. The summed E-state index contributed by atoms with van der Waals surface area (Å²) < 4.78 is 16.3. The normalized spacial score (nSPS) is 17.1. The van der Waals surface area contributed by atoms with E-state index >= 15 is 0 Å². The lowest BCUT2D eigenvalue weighted by atomic mass is 10.2. The number of rotatable bonds is 7. The smallest absolute Gasteiger partial charge is 0.266 e. The average molecular weight is 436 g/mol. The molecule has 11 nitrogen and oxygen atoms in total. The molecule has 0 radical (unpaired) electrons. The van der Waals surface area contributed by atoms with Crippen molar-refractivity contribution in [2.75, 3.05) is 36.5 Å². The van der Waals surface area contributed by atoms with E-state index in [0.29, 0.717) is 48.7 Å². The molecule has 0 saturated carbocycles. The van der Waals surface area contributed by atoms with Crippen LogP contribution in [0.5, 0.6) is 5.75 Å². The number of pyridine rings is 1. The summed E-state index contributed by atoms with van der Waals surface area (Å²) in [6, 6.07) is 4.02. The van der Waals surface area contributed by atoms with Crippen LogP contribution in [0.1, 0.15) is 37.0 Å². The molecule has 1 saturated heterocycles. The lowest BCUT2D eigenvalue weighted by molar-refractivity contribution is 0.0886. The van der Waals surface area contributed by atoms with Crippen LogP contribution in [-0.2, 0) is 11.3 Å². The van der Waals surface area contributed by atoms with E-state index in [1.165, 1.54) is 6.20 Å². The summed E-state index contributed by atoms with van der Waals surface area (Å²) >= 11 is 0. The maximum absolute atomic E-state index is 9.15. The fourth-order valence-corrected chi connectivity index (χ4v) is 3.40. The third-order valence-electron chi connectivity index (χ3n) is 5.34. The Morgan fingerprint density at radius 2 is 2.06 bits per heavy atom. The highest BCUT2D eigenvalue weighted by Crippen LogP contribution is 2.23. The number of methoxy groups -OCH3 is 1. The van der Waals surface area contributed by atoms with E-state index in [1.54, 1.807) is 31.8 Å². The molecular formula is C21H24N8O3. The predicted octanol–water partition coefficient (Wildman–Crippen LogP) is 2.13. The van der Waals surface area contributed by atoms with Gasteiger partial charge < -0.3 is 23.8 Å². The molecule has 1 aliphatic heterocycles. The molecule has 4 heterocycles. The summed E-state index contributed by atoms with van der Waals surface area (Å²) in [6.45, 7) is 6.35. The number of hydrogen-bond donors (Lipinski definition) is 0. The van der Waals surface area contributed by atoms with E-state index < -0.39 is 0 Å². The van der Waals surface area contributed by atoms with Gasteiger partial charge in [-0.05, 0) is 25.1 Å². The van der Waals surface area contributed by atoms with Gasteiger partial charge in [0.05, 0.1) is 18.0 Å². The van der Waals surface area contributed by atoms with Gasteiger partial charge in [0.25, 0.3) is 11.8 Å². The molecule has 3 aromatic heterocycles. The topological polar surface area (TPSA) is 126 Å². The van der Waals surface area contributed by atoms with Crippen molar-refractivity contribution in [3.05, 3.63) is 47.9 Å². The van der Waals surface area contributed by atoms with E-state index in [4.69, 9.17) is 19.3 Å². The van der Waals surface area contributed by atoms with Crippen LogP contribution in [-0.4, -0.2) is 57.9 Å². The van der Waals surface area contributed by atoms with Crippen LogP contribution in [0.2, 0.25) is 0 Å². The fraction of sp³-hybridized carbons (Fsp3) is 0.429. The first kappa shape index (κ1) is 21.5. The summed E-state index contributed by atoms with van der Waals surface area (Å²) in [5, 5.41) is 13.2. The number of nitrogens with zero attached hydrogens (tertiary/aromatic N) is 8. The quantitative estimate of drug-likeness (QED) is 0.540. The number of piperazine rings is 1. The molecule has 0 aliphatic carbocycles. The van der Waals surface area contributed by atoms with Gasteiger partial charge in [-0.3, -0.25) is 4.98 Å². The monoisotopic (exact) mass is 436 g/mol. The molecule has 32 heavy (non-hydrogen) atoms. The zero-order valence-corrected chi connectivity index (χ0v) is 18.2. The molecule has 166 valence electrons. The lowest BCUT2D eigenvalue weighted by Gasteiger charge is -2.39. The third kappa shape index (κ3) is 4.60. The van der Waals surface area contributed by atoms with Gasteiger partial charge in [-0.2, -0.15) is 10.2 Å². The second kappa shape index (κ2) is 9.57. The Kier molecular flexibility index (Phi) is 6.42. The summed E-state index contributed by atoms with van der Waals surface area (Å²) in [5.74, 6) is 2.19. The van der Waals surface area contributed by atoms with Crippen molar-refractivity contribution in [1.29, 1.82) is 5.26 Å². The highest BCUT2D eigenvalue weighted by atomic mass is 16.5. The molecular weight excluding hydrogens is 412 g/mol. The second-order valence-corrected chi connectivity index (χ2v) is 7.45. The molecule has 11 heteroatoms. The van der Waals surface area contributed by atoms with E-state index in [2.05, 4.69) is 47.9 Å². The van der Waals surface area contributed by atoms with Gasteiger partial charge in [0.15, 0.2) is 5.75 Å². The number of anilines is 2. The van der Waals surface area contributed by atoms with Crippen LogP contribution in [0.25, 0.3) is 0 Å². The first-order valence-corrected chi connectivity index (χ1v) is 10.2. The maximum Gasteiger partial charge on any atom is 0.266 e. The van der Waals surface area contributed by atoms with Gasteiger partial charge in [-0.25, -0.2) is 9.97 Å². The molecule has 4 rings (SSSR count). The minimum absolute atomic E-state index is 0.146. The first-order chi connectivity index (χ1) is 15.6. The number of aromatic nitrogens is 5. The number of ether oxygens (including phenoxy) is 2. The molecule has 1 aliphatic rings. The van der Waals surface area contributed by atoms with Crippen LogP contribution in [0.3, 0.4) is 0 Å². The van der Waals surface area contributed by atoms with E-state index in [1.807, 2.05) is 6.92 Å². The number of hydrogen-bond acceptors (Lipinski definition) is 11. The molecule has 2 atom stereocenters. The lowest BCUT2D eigenvalue weighted by Crippen LogP contribution is -2.53. The van der Waals surface area contributed by atoms with Gasteiger partial charge in [0.2, 0.25) is 5.95 Å². The summed E-state index contributed by atoms with van der Waals surface area (Å²) in [6.07, 6.45) is 6.20. The Labute approximate surface area is 185 Å². The zero-order chi connectivity index (χ0) is 22.5. The van der Waals surface area contributed by atoms with Gasteiger partial charge >= 0.3 is 0 Å². The van der Waals surface area contributed by atoms with Crippen LogP contribution < -0.4 is 14.5 Å². The Bertz CT molecular complexity index is 1080. The van der Waals surface area contributed by atoms with Crippen molar-refractivity contribution >= 4 is 11.9 Å². The highest BCUT2D eigenvalue weighted by molar-refractivity contribution is 5.40. The van der Waals surface area contributed by atoms with E-state index in [9.17, 15) is 0 Å². The number of nitriles is 1. The van der Waals surface area contributed by atoms with Crippen molar-refractivity contribution in [3.63, 3.8) is 0 Å². The standard InChI is InChI=1S/C21H24N8O3/c1-14-12-28(21-26-19(32-27-21)15(2)30-3)6-7-29(14)20-24-10-18(11-25-20)31-13-16-4-5-23-9-17(16)8-22/h4-5,9-11,14-15H,6-7,12-13H2,1-3H3/t14-,15-/m1/s1. The summed E-state index contributed by atoms with van der Waals surface area (Å²) in [4.78, 5) is 21.5. The predicted molar refractivity (Wildman–Crippen MR) is 114 cm³/mol. The first-order valence-electron chi connectivity index (χ1n) is 10.2. The molecule has 0 spiro atoms. The Morgan fingerprint density at radius 1 is 1.25 bits per heavy atom. The van der Waals surface area contributed by atoms with Gasteiger partial charge in [0.1, 0.15) is 18.8 Å². The van der Waals surface area contributed by atoms with Crippen LogP contribution >= 0.6 is 0 Å². The van der Waals surface area contributed by atoms with Crippen molar-refractivity contribution < 1.29 is 14.0 Å². The minimum Gasteiger partial charge on any atom is -0.486 e. The molecule has 3 aromatic rings. The van der Waals surface area contributed by atoms with Crippen molar-refractivity contribution in [2.45, 2.75) is 32.6 Å². The summed E-state index contributed by atoms with van der Waals surface area (Å²) in [5.41, 5.74) is 1.25. The van der Waals surface area contributed by atoms with E-state index in [0.717, 1.165) is 5.56 Å². The third-order valence-corrected chi connectivity index (χ3v) is 5.34. The van der Waals surface area contributed by atoms with Crippen LogP contribution in [0.4, 0.5) is 11.9 Å². The molecule has 0 N–H and O–H groups in total. The SMILES string of the molecule is CO[C@H](C)c1nc(N2CCN(c3ncc(OCc4ccncc4C#N)cn3)[C@H](C)C2)no1. The maximum atomic E-state index is 9.15. The Balaban J connectivity index is 1.35. The Hall–Kier alpha value is -3.78. The van der Waals surface area contributed by atoms with Crippen molar-refractivity contribution in [3.8, 4) is 11.8 Å².